The quantitative estimate of drug-likeness (QED) is 0.520. The molecule has 1 amide bonds. The van der Waals surface area contributed by atoms with Crippen LogP contribution >= 0.6 is 23.2 Å². The Morgan fingerprint density at radius 3 is 2.27 bits per heavy atom. The standard InChI is InChI=1S/C22H24Cl2N4O2/c1-14(26-21(29)22(2,3)30-18-10-8-17(24)9-11-18)19(20-13-25-28-27-20)12-15-4-6-16(23)7-5-15/h4-11,13-14,19H,12H2,1-3H3,(H,26,29)(H,25,27,28). The lowest BCUT2D eigenvalue weighted by atomic mass is 9.90. The second kappa shape index (κ2) is 9.49. The highest BCUT2D eigenvalue weighted by Crippen LogP contribution is 2.25. The fourth-order valence-corrected chi connectivity index (χ4v) is 3.38. The van der Waals surface area contributed by atoms with Crippen molar-refractivity contribution in [2.45, 2.75) is 44.8 Å². The molecule has 0 saturated heterocycles. The second-order valence-corrected chi connectivity index (χ2v) is 8.54. The van der Waals surface area contributed by atoms with Gasteiger partial charge < -0.3 is 10.1 Å². The molecule has 0 aliphatic rings. The molecule has 0 aliphatic heterocycles. The van der Waals surface area contributed by atoms with Crippen LogP contribution in [0.1, 0.15) is 37.9 Å². The molecule has 0 aliphatic carbocycles. The van der Waals surface area contributed by atoms with Crippen LogP contribution in [0.15, 0.2) is 54.7 Å². The maximum atomic E-state index is 13.0. The van der Waals surface area contributed by atoms with Gasteiger partial charge in [-0.3, -0.25) is 9.89 Å². The number of amides is 1. The predicted octanol–water partition coefficient (Wildman–Crippen LogP) is 4.80. The summed E-state index contributed by atoms with van der Waals surface area (Å²) in [7, 11) is 0. The third-order valence-corrected chi connectivity index (χ3v) is 5.38. The van der Waals surface area contributed by atoms with Crippen molar-refractivity contribution in [2.75, 3.05) is 0 Å². The number of aromatic amines is 1. The predicted molar refractivity (Wildman–Crippen MR) is 118 cm³/mol. The summed E-state index contributed by atoms with van der Waals surface area (Å²) in [6.45, 7) is 5.41. The van der Waals surface area contributed by atoms with Crippen molar-refractivity contribution in [3.63, 3.8) is 0 Å². The summed E-state index contributed by atoms with van der Waals surface area (Å²) in [5, 5.41) is 15.1. The van der Waals surface area contributed by atoms with Gasteiger partial charge in [0.25, 0.3) is 5.91 Å². The van der Waals surface area contributed by atoms with Gasteiger partial charge in [0.1, 0.15) is 5.75 Å². The molecule has 6 nitrogen and oxygen atoms in total. The molecular weight excluding hydrogens is 423 g/mol. The molecule has 0 radical (unpaired) electrons. The summed E-state index contributed by atoms with van der Waals surface area (Å²) in [6.07, 6.45) is 2.42. The Morgan fingerprint density at radius 2 is 1.70 bits per heavy atom. The molecule has 0 saturated carbocycles. The van der Waals surface area contributed by atoms with E-state index in [2.05, 4.69) is 20.7 Å². The first kappa shape index (κ1) is 22.1. The Kier molecular flexibility index (Phi) is 7.00. The Hall–Kier alpha value is -2.57. The number of halogens is 2. The van der Waals surface area contributed by atoms with Gasteiger partial charge in [0.2, 0.25) is 0 Å². The summed E-state index contributed by atoms with van der Waals surface area (Å²) in [5.41, 5.74) is 0.788. The Balaban J connectivity index is 1.72. The minimum Gasteiger partial charge on any atom is -0.478 e. The minimum absolute atomic E-state index is 0.0831. The number of benzene rings is 2. The lowest BCUT2D eigenvalue weighted by Gasteiger charge is -2.30. The Morgan fingerprint density at radius 1 is 1.10 bits per heavy atom. The fourth-order valence-electron chi connectivity index (χ4n) is 3.13. The highest BCUT2D eigenvalue weighted by Gasteiger charge is 2.33. The van der Waals surface area contributed by atoms with Crippen molar-refractivity contribution in [3.05, 3.63) is 76.0 Å². The summed E-state index contributed by atoms with van der Waals surface area (Å²) in [5.74, 6) is 0.260. The molecule has 2 atom stereocenters. The van der Waals surface area contributed by atoms with E-state index in [1.54, 1.807) is 44.3 Å². The van der Waals surface area contributed by atoms with Crippen LogP contribution in [0.2, 0.25) is 10.0 Å². The highest BCUT2D eigenvalue weighted by molar-refractivity contribution is 6.30. The van der Waals surface area contributed by atoms with Gasteiger partial charge in [-0.15, -0.1) is 5.10 Å². The molecular formula is C22H24Cl2N4O2. The number of aromatic nitrogens is 3. The average Bonchev–Trinajstić information content (AvgIpc) is 3.23. The summed E-state index contributed by atoms with van der Waals surface area (Å²) >= 11 is 11.9. The molecule has 2 N–H and O–H groups in total. The van der Waals surface area contributed by atoms with E-state index in [-0.39, 0.29) is 17.9 Å². The van der Waals surface area contributed by atoms with Crippen molar-refractivity contribution >= 4 is 29.1 Å². The molecule has 0 spiro atoms. The highest BCUT2D eigenvalue weighted by atomic mass is 35.5. The maximum Gasteiger partial charge on any atom is 0.263 e. The normalized spacial score (nSPS) is 13.5. The topological polar surface area (TPSA) is 79.9 Å². The van der Waals surface area contributed by atoms with Crippen LogP contribution in [-0.4, -0.2) is 33.0 Å². The SMILES string of the molecule is CC(NC(=O)C(C)(C)Oc1ccc(Cl)cc1)C(Cc1ccc(Cl)cc1)c1c[nH]nn1. The van der Waals surface area contributed by atoms with Gasteiger partial charge in [0, 0.05) is 28.2 Å². The molecule has 2 unspecified atom stereocenters. The van der Waals surface area contributed by atoms with Gasteiger partial charge >= 0.3 is 0 Å². The monoisotopic (exact) mass is 446 g/mol. The number of nitrogens with zero attached hydrogens (tertiary/aromatic N) is 2. The number of rotatable bonds is 8. The van der Waals surface area contributed by atoms with Gasteiger partial charge in [-0.25, -0.2) is 0 Å². The van der Waals surface area contributed by atoms with E-state index in [0.29, 0.717) is 22.2 Å². The van der Waals surface area contributed by atoms with Crippen molar-refractivity contribution < 1.29 is 9.53 Å². The number of carbonyl (C=O) groups excluding carboxylic acids is 1. The zero-order chi connectivity index (χ0) is 21.7. The molecule has 3 rings (SSSR count). The van der Waals surface area contributed by atoms with Crippen LogP contribution in [-0.2, 0) is 11.2 Å². The largest absolute Gasteiger partial charge is 0.478 e. The van der Waals surface area contributed by atoms with Gasteiger partial charge in [-0.2, -0.15) is 0 Å². The number of hydrogen-bond acceptors (Lipinski definition) is 4. The van der Waals surface area contributed by atoms with Crippen molar-refractivity contribution in [3.8, 4) is 5.75 Å². The first-order valence-electron chi connectivity index (χ1n) is 9.61. The first-order valence-corrected chi connectivity index (χ1v) is 10.4. The zero-order valence-electron chi connectivity index (χ0n) is 17.0. The van der Waals surface area contributed by atoms with E-state index in [1.807, 2.05) is 31.2 Å². The third kappa shape index (κ3) is 5.74. The van der Waals surface area contributed by atoms with Crippen LogP contribution in [0, 0.1) is 0 Å². The van der Waals surface area contributed by atoms with Gasteiger partial charge in [-0.05, 0) is 69.2 Å². The lowest BCUT2D eigenvalue weighted by molar-refractivity contribution is -0.135. The molecule has 158 valence electrons. The second-order valence-electron chi connectivity index (χ2n) is 7.66. The summed E-state index contributed by atoms with van der Waals surface area (Å²) < 4.78 is 5.90. The van der Waals surface area contributed by atoms with E-state index in [4.69, 9.17) is 27.9 Å². The number of nitrogens with one attached hydrogen (secondary N) is 2. The van der Waals surface area contributed by atoms with Crippen LogP contribution in [0.25, 0.3) is 0 Å². The number of H-pyrrole nitrogens is 1. The summed E-state index contributed by atoms with van der Waals surface area (Å²) in [6, 6.07) is 14.3. The zero-order valence-corrected chi connectivity index (χ0v) is 18.5. The number of hydrogen-bond donors (Lipinski definition) is 2. The van der Waals surface area contributed by atoms with E-state index >= 15 is 0 Å². The Labute approximate surface area is 185 Å². The number of carbonyl (C=O) groups is 1. The number of ether oxygens (including phenoxy) is 1. The minimum atomic E-state index is -1.07. The molecule has 3 aromatic rings. The molecule has 1 heterocycles. The van der Waals surface area contributed by atoms with Gasteiger partial charge in [0.15, 0.2) is 5.60 Å². The first-order chi connectivity index (χ1) is 14.2. The van der Waals surface area contributed by atoms with Gasteiger partial charge in [-0.1, -0.05) is 40.5 Å². The van der Waals surface area contributed by atoms with Crippen LogP contribution in [0.3, 0.4) is 0 Å². The van der Waals surface area contributed by atoms with E-state index < -0.39 is 5.60 Å². The lowest BCUT2D eigenvalue weighted by Crippen LogP contribution is -2.51. The Bertz CT molecular complexity index is 958. The molecule has 30 heavy (non-hydrogen) atoms. The molecule has 0 fully saturated rings. The summed E-state index contributed by atoms with van der Waals surface area (Å²) in [4.78, 5) is 13.0. The smallest absolute Gasteiger partial charge is 0.263 e. The van der Waals surface area contributed by atoms with Crippen molar-refractivity contribution in [1.82, 2.24) is 20.7 Å². The van der Waals surface area contributed by atoms with Gasteiger partial charge in [0.05, 0.1) is 5.69 Å². The van der Waals surface area contributed by atoms with E-state index in [1.165, 1.54) is 0 Å². The van der Waals surface area contributed by atoms with Crippen LogP contribution < -0.4 is 10.1 Å². The van der Waals surface area contributed by atoms with Crippen molar-refractivity contribution in [1.29, 1.82) is 0 Å². The molecule has 0 bridgehead atoms. The third-order valence-electron chi connectivity index (χ3n) is 4.88. The van der Waals surface area contributed by atoms with E-state index in [0.717, 1.165) is 11.3 Å². The molecule has 8 heteroatoms. The molecule has 2 aromatic carbocycles. The van der Waals surface area contributed by atoms with E-state index in [9.17, 15) is 4.79 Å². The van der Waals surface area contributed by atoms with Crippen molar-refractivity contribution in [2.24, 2.45) is 0 Å². The maximum absolute atomic E-state index is 13.0. The fraction of sp³-hybridized carbons (Fsp3) is 0.318. The van der Waals surface area contributed by atoms with Crippen LogP contribution in [0.5, 0.6) is 5.75 Å². The molecule has 1 aromatic heterocycles. The average molecular weight is 447 g/mol. The van der Waals surface area contributed by atoms with Crippen LogP contribution in [0.4, 0.5) is 0 Å².